The van der Waals surface area contributed by atoms with Crippen molar-refractivity contribution in [3.05, 3.63) is 112 Å². The standard InChI is InChI=1S/C34H35F2N5O7S/c1-20(2)48-34(45)29(16-21-6-10-25(11-7-21)41-30(42)14-15-40(41)3)38-33(44)31-27(35)17-24(18-28(31)36)39-49(46,47)26-12-8-23(9-13-26)32(43)37-19-22-4-5-22/h6-15,17-18,20,22,29,39H,4-5,16,19H2,1-3H3,(H,37,43)(H,38,44)/t29-/m0/s1. The molecule has 1 aliphatic carbocycles. The number of rotatable bonds is 13. The third-order valence-electron chi connectivity index (χ3n) is 7.72. The minimum absolute atomic E-state index is 0.109. The Morgan fingerprint density at radius 1 is 0.939 bits per heavy atom. The molecular weight excluding hydrogens is 660 g/mol. The zero-order valence-corrected chi connectivity index (χ0v) is 27.7. The number of aromatic nitrogens is 2. The maximum absolute atomic E-state index is 15.2. The van der Waals surface area contributed by atoms with Gasteiger partial charge in [0.2, 0.25) is 0 Å². The van der Waals surface area contributed by atoms with Crippen molar-refractivity contribution in [1.82, 2.24) is 20.0 Å². The van der Waals surface area contributed by atoms with Crippen LogP contribution in [-0.4, -0.2) is 54.3 Å². The van der Waals surface area contributed by atoms with Crippen LogP contribution in [0, 0.1) is 17.6 Å². The SMILES string of the molecule is CC(C)OC(=O)[C@H](Cc1ccc(-n2c(=O)ccn2C)cc1)NC(=O)c1c(F)cc(NS(=O)(=O)c2ccc(C(=O)NCC3CC3)cc2)cc1F. The first-order valence-electron chi connectivity index (χ1n) is 15.5. The number of hydrogen-bond acceptors (Lipinski definition) is 7. The topological polar surface area (TPSA) is 158 Å². The van der Waals surface area contributed by atoms with E-state index >= 15 is 8.78 Å². The number of esters is 1. The van der Waals surface area contributed by atoms with Crippen LogP contribution in [0.2, 0.25) is 0 Å². The highest BCUT2D eigenvalue weighted by molar-refractivity contribution is 7.92. The molecule has 0 radical (unpaired) electrons. The van der Waals surface area contributed by atoms with Crippen molar-refractivity contribution in [3.63, 3.8) is 0 Å². The maximum Gasteiger partial charge on any atom is 0.329 e. The predicted octanol–water partition coefficient (Wildman–Crippen LogP) is 3.69. The summed E-state index contributed by atoms with van der Waals surface area (Å²) in [6, 6.07) is 12.9. The summed E-state index contributed by atoms with van der Waals surface area (Å²) in [6.07, 6.45) is 3.04. The second-order valence-corrected chi connectivity index (χ2v) is 13.7. The molecule has 258 valence electrons. The molecule has 12 nitrogen and oxygen atoms in total. The second kappa shape index (κ2) is 14.4. The van der Waals surface area contributed by atoms with Crippen LogP contribution < -0.4 is 20.9 Å². The van der Waals surface area contributed by atoms with Crippen molar-refractivity contribution in [2.24, 2.45) is 13.0 Å². The normalized spacial score (nSPS) is 13.5. The minimum atomic E-state index is -4.33. The Balaban J connectivity index is 1.29. The Morgan fingerprint density at radius 2 is 1.57 bits per heavy atom. The number of ether oxygens (including phenoxy) is 1. The molecule has 4 aromatic rings. The van der Waals surface area contributed by atoms with Crippen LogP contribution in [0.1, 0.15) is 53.0 Å². The quantitative estimate of drug-likeness (QED) is 0.180. The van der Waals surface area contributed by atoms with Gasteiger partial charge in [-0.05, 0) is 86.7 Å². The second-order valence-electron chi connectivity index (χ2n) is 12.0. The summed E-state index contributed by atoms with van der Waals surface area (Å²) in [5.74, 6) is -4.76. The molecule has 49 heavy (non-hydrogen) atoms. The first-order valence-corrected chi connectivity index (χ1v) is 17.0. The highest BCUT2D eigenvalue weighted by Gasteiger charge is 2.28. The van der Waals surface area contributed by atoms with Crippen LogP contribution in [0.4, 0.5) is 14.5 Å². The molecule has 5 rings (SSSR count). The van der Waals surface area contributed by atoms with E-state index < -0.39 is 56.9 Å². The van der Waals surface area contributed by atoms with E-state index in [0.717, 1.165) is 12.8 Å². The summed E-state index contributed by atoms with van der Waals surface area (Å²) in [5, 5.41) is 5.11. The van der Waals surface area contributed by atoms with Crippen LogP contribution in [0.3, 0.4) is 0 Å². The van der Waals surface area contributed by atoms with E-state index in [1.165, 1.54) is 35.0 Å². The number of nitrogens with one attached hydrogen (secondary N) is 3. The van der Waals surface area contributed by atoms with Crippen molar-refractivity contribution in [2.75, 3.05) is 11.3 Å². The Morgan fingerprint density at radius 3 is 2.12 bits per heavy atom. The first-order chi connectivity index (χ1) is 23.2. The lowest BCUT2D eigenvalue weighted by Crippen LogP contribution is -2.44. The maximum atomic E-state index is 15.2. The molecule has 0 aliphatic heterocycles. The lowest BCUT2D eigenvalue weighted by molar-refractivity contribution is -0.149. The third kappa shape index (κ3) is 8.59. The predicted molar refractivity (Wildman–Crippen MR) is 176 cm³/mol. The van der Waals surface area contributed by atoms with E-state index in [-0.39, 0.29) is 28.3 Å². The molecule has 15 heteroatoms. The fraction of sp³-hybridized carbons (Fsp3) is 0.294. The summed E-state index contributed by atoms with van der Waals surface area (Å²) in [4.78, 5) is 50.2. The molecule has 1 atom stereocenters. The molecule has 3 aromatic carbocycles. The average Bonchev–Trinajstić information content (AvgIpc) is 3.81. The van der Waals surface area contributed by atoms with Gasteiger partial charge in [-0.2, -0.15) is 0 Å². The number of carbonyl (C=O) groups excluding carboxylic acids is 3. The number of hydrogen-bond donors (Lipinski definition) is 3. The van der Waals surface area contributed by atoms with Crippen molar-refractivity contribution in [3.8, 4) is 5.69 Å². The number of amides is 2. The Kier molecular flexibility index (Phi) is 10.3. The van der Waals surface area contributed by atoms with Crippen LogP contribution in [-0.2, 0) is 33.0 Å². The number of carbonyl (C=O) groups is 3. The number of nitrogens with zero attached hydrogens (tertiary/aromatic N) is 2. The molecule has 0 bridgehead atoms. The molecule has 1 saturated carbocycles. The van der Waals surface area contributed by atoms with Gasteiger partial charge in [0.25, 0.3) is 27.4 Å². The molecule has 1 aromatic heterocycles. The minimum Gasteiger partial charge on any atom is -0.461 e. The molecule has 0 saturated heterocycles. The Labute approximate surface area is 281 Å². The van der Waals surface area contributed by atoms with E-state index in [1.54, 1.807) is 56.0 Å². The van der Waals surface area contributed by atoms with E-state index in [0.29, 0.717) is 35.8 Å². The van der Waals surface area contributed by atoms with Gasteiger partial charge in [0.15, 0.2) is 0 Å². The summed E-state index contributed by atoms with van der Waals surface area (Å²) in [5.41, 5.74) is -0.424. The molecule has 0 unspecified atom stereocenters. The van der Waals surface area contributed by atoms with Crippen molar-refractivity contribution < 1.29 is 36.3 Å². The van der Waals surface area contributed by atoms with Crippen molar-refractivity contribution in [1.29, 1.82) is 0 Å². The lowest BCUT2D eigenvalue weighted by Gasteiger charge is -2.20. The van der Waals surface area contributed by atoms with Gasteiger partial charge < -0.3 is 15.4 Å². The molecule has 2 amide bonds. The number of aryl methyl sites for hydroxylation is 1. The molecule has 3 N–H and O–H groups in total. The van der Waals surface area contributed by atoms with Crippen LogP contribution in [0.15, 0.2) is 82.6 Å². The highest BCUT2D eigenvalue weighted by atomic mass is 32.2. The average molecular weight is 696 g/mol. The first kappa shape index (κ1) is 35.0. The van der Waals surface area contributed by atoms with Crippen LogP contribution >= 0.6 is 0 Å². The van der Waals surface area contributed by atoms with Crippen molar-refractivity contribution >= 4 is 33.5 Å². The number of halogens is 2. The van der Waals surface area contributed by atoms with Crippen molar-refractivity contribution in [2.45, 2.75) is 50.2 Å². The number of sulfonamides is 1. The molecular formula is C34H35F2N5O7S. The summed E-state index contributed by atoms with van der Waals surface area (Å²) in [7, 11) is -2.64. The van der Waals surface area contributed by atoms with Gasteiger partial charge in [-0.3, -0.25) is 23.8 Å². The van der Waals surface area contributed by atoms with E-state index in [4.69, 9.17) is 4.74 Å². The van der Waals surface area contributed by atoms with Gasteiger partial charge in [-0.25, -0.2) is 26.7 Å². The zero-order chi connectivity index (χ0) is 35.5. The van der Waals surface area contributed by atoms with Gasteiger partial charge in [0.05, 0.1) is 22.4 Å². The lowest BCUT2D eigenvalue weighted by atomic mass is 10.0. The van der Waals surface area contributed by atoms with E-state index in [2.05, 4.69) is 15.4 Å². The Bertz CT molecular complexity index is 2010. The molecule has 0 spiro atoms. The van der Waals surface area contributed by atoms with Gasteiger partial charge in [0.1, 0.15) is 23.2 Å². The van der Waals surface area contributed by atoms with Gasteiger partial charge in [0, 0.05) is 37.8 Å². The third-order valence-corrected chi connectivity index (χ3v) is 9.11. The molecule has 1 aliphatic rings. The fourth-order valence-corrected chi connectivity index (χ4v) is 6.07. The van der Waals surface area contributed by atoms with E-state index in [1.807, 2.05) is 0 Å². The fourth-order valence-electron chi connectivity index (χ4n) is 5.03. The molecule has 1 fully saturated rings. The summed E-state index contributed by atoms with van der Waals surface area (Å²) in [6.45, 7) is 3.74. The zero-order valence-electron chi connectivity index (χ0n) is 26.9. The van der Waals surface area contributed by atoms with Gasteiger partial charge in [-0.15, -0.1) is 0 Å². The molecule has 1 heterocycles. The van der Waals surface area contributed by atoms with Gasteiger partial charge >= 0.3 is 5.97 Å². The number of anilines is 1. The largest absolute Gasteiger partial charge is 0.461 e. The summed E-state index contributed by atoms with van der Waals surface area (Å²) >= 11 is 0. The smallest absolute Gasteiger partial charge is 0.329 e. The highest BCUT2D eigenvalue weighted by Crippen LogP contribution is 2.28. The monoisotopic (exact) mass is 695 g/mol. The van der Waals surface area contributed by atoms with E-state index in [9.17, 15) is 27.6 Å². The van der Waals surface area contributed by atoms with Gasteiger partial charge in [-0.1, -0.05) is 12.1 Å². The van der Waals surface area contributed by atoms with Crippen LogP contribution in [0.5, 0.6) is 0 Å². The Hall–Kier alpha value is -5.31. The van der Waals surface area contributed by atoms with Crippen LogP contribution in [0.25, 0.3) is 5.69 Å². The number of benzene rings is 3. The summed E-state index contributed by atoms with van der Waals surface area (Å²) < 4.78 is 66.7.